The first-order valence-electron chi connectivity index (χ1n) is 6.22. The molecule has 0 saturated heterocycles. The molecule has 0 radical (unpaired) electrons. The molecule has 1 atom stereocenters. The summed E-state index contributed by atoms with van der Waals surface area (Å²) in [7, 11) is 2.06. The van der Waals surface area contributed by atoms with E-state index in [2.05, 4.69) is 63.9 Å². The third kappa shape index (κ3) is 4.49. The SMILES string of the molecule is Cc1ccccc1CN(C)CC(O)C(C)(C)C. The minimum atomic E-state index is -0.295. The van der Waals surface area contributed by atoms with Crippen molar-refractivity contribution in [2.45, 2.75) is 40.3 Å². The largest absolute Gasteiger partial charge is 0.391 e. The van der Waals surface area contributed by atoms with Crippen molar-refractivity contribution in [1.82, 2.24) is 4.90 Å². The van der Waals surface area contributed by atoms with Gasteiger partial charge in [-0.25, -0.2) is 0 Å². The van der Waals surface area contributed by atoms with Gasteiger partial charge in [0, 0.05) is 13.1 Å². The van der Waals surface area contributed by atoms with Crippen LogP contribution in [0.5, 0.6) is 0 Å². The molecule has 0 aliphatic carbocycles. The second kappa shape index (κ2) is 5.65. The van der Waals surface area contributed by atoms with E-state index in [4.69, 9.17) is 0 Å². The van der Waals surface area contributed by atoms with Crippen molar-refractivity contribution < 1.29 is 5.11 Å². The smallest absolute Gasteiger partial charge is 0.0715 e. The normalized spacial score (nSPS) is 14.1. The van der Waals surface area contributed by atoms with Crippen LogP contribution in [0.2, 0.25) is 0 Å². The van der Waals surface area contributed by atoms with Gasteiger partial charge in [-0.15, -0.1) is 0 Å². The molecule has 1 aromatic rings. The Hall–Kier alpha value is -0.860. The molecule has 0 spiro atoms. The Balaban J connectivity index is 2.56. The molecule has 17 heavy (non-hydrogen) atoms. The fourth-order valence-corrected chi connectivity index (χ4v) is 1.71. The molecule has 1 N–H and O–H groups in total. The third-order valence-electron chi connectivity index (χ3n) is 3.19. The van der Waals surface area contributed by atoms with E-state index in [-0.39, 0.29) is 11.5 Å². The minimum absolute atomic E-state index is 0.0556. The maximum absolute atomic E-state index is 10.1. The van der Waals surface area contributed by atoms with Crippen molar-refractivity contribution in [1.29, 1.82) is 0 Å². The lowest BCUT2D eigenvalue weighted by molar-refractivity contribution is 0.0333. The zero-order valence-electron chi connectivity index (χ0n) is 11.7. The average Bonchev–Trinajstić information content (AvgIpc) is 2.20. The van der Waals surface area contributed by atoms with Gasteiger partial charge in [-0.2, -0.15) is 0 Å². The summed E-state index contributed by atoms with van der Waals surface area (Å²) in [6.45, 7) is 9.93. The van der Waals surface area contributed by atoms with Crippen molar-refractivity contribution in [3.8, 4) is 0 Å². The summed E-state index contributed by atoms with van der Waals surface area (Å²) >= 11 is 0. The van der Waals surface area contributed by atoms with Gasteiger partial charge in [0.05, 0.1) is 6.10 Å². The summed E-state index contributed by atoms with van der Waals surface area (Å²) in [5, 5.41) is 10.1. The molecule has 1 rings (SSSR count). The molecular weight excluding hydrogens is 210 g/mol. The van der Waals surface area contributed by atoms with Gasteiger partial charge in [0.1, 0.15) is 0 Å². The van der Waals surface area contributed by atoms with Crippen LogP contribution in [-0.4, -0.2) is 29.7 Å². The Labute approximate surface area is 105 Å². The molecule has 0 bridgehead atoms. The lowest BCUT2D eigenvalue weighted by Gasteiger charge is -2.30. The molecule has 0 fully saturated rings. The van der Waals surface area contributed by atoms with Crippen molar-refractivity contribution in [3.05, 3.63) is 35.4 Å². The van der Waals surface area contributed by atoms with Crippen LogP contribution in [0.15, 0.2) is 24.3 Å². The number of aliphatic hydroxyl groups excluding tert-OH is 1. The van der Waals surface area contributed by atoms with Crippen LogP contribution in [-0.2, 0) is 6.54 Å². The molecule has 0 saturated carbocycles. The Kier molecular flexibility index (Phi) is 4.72. The highest BCUT2D eigenvalue weighted by atomic mass is 16.3. The van der Waals surface area contributed by atoms with E-state index in [9.17, 15) is 5.11 Å². The van der Waals surface area contributed by atoms with Gasteiger partial charge in [-0.05, 0) is 30.5 Å². The zero-order valence-corrected chi connectivity index (χ0v) is 11.7. The first kappa shape index (κ1) is 14.2. The molecule has 0 amide bonds. The highest BCUT2D eigenvalue weighted by Crippen LogP contribution is 2.20. The van der Waals surface area contributed by atoms with Crippen LogP contribution in [0.1, 0.15) is 31.9 Å². The number of rotatable bonds is 4. The summed E-state index contributed by atoms with van der Waals surface area (Å²) < 4.78 is 0. The number of benzene rings is 1. The molecule has 0 aliphatic heterocycles. The maximum Gasteiger partial charge on any atom is 0.0715 e. The summed E-state index contributed by atoms with van der Waals surface area (Å²) in [4.78, 5) is 2.18. The van der Waals surface area contributed by atoms with Gasteiger partial charge >= 0.3 is 0 Å². The molecule has 2 heteroatoms. The summed E-state index contributed by atoms with van der Waals surface area (Å²) in [5.74, 6) is 0. The average molecular weight is 235 g/mol. The molecule has 96 valence electrons. The molecular formula is C15H25NO. The number of aryl methyl sites for hydroxylation is 1. The Morgan fingerprint density at radius 1 is 1.24 bits per heavy atom. The van der Waals surface area contributed by atoms with Crippen LogP contribution < -0.4 is 0 Å². The summed E-state index contributed by atoms with van der Waals surface area (Å²) in [6, 6.07) is 8.40. The molecule has 0 heterocycles. The summed E-state index contributed by atoms with van der Waals surface area (Å²) in [6.07, 6.45) is -0.295. The Morgan fingerprint density at radius 3 is 2.35 bits per heavy atom. The topological polar surface area (TPSA) is 23.5 Å². The lowest BCUT2D eigenvalue weighted by atomic mass is 9.89. The van der Waals surface area contributed by atoms with Crippen LogP contribution in [0, 0.1) is 12.3 Å². The van der Waals surface area contributed by atoms with Gasteiger partial charge < -0.3 is 5.11 Å². The van der Waals surface area contributed by atoms with Crippen LogP contribution >= 0.6 is 0 Å². The second-order valence-corrected chi connectivity index (χ2v) is 6.01. The predicted molar refractivity (Wildman–Crippen MR) is 73.0 cm³/mol. The van der Waals surface area contributed by atoms with Gasteiger partial charge in [0.25, 0.3) is 0 Å². The van der Waals surface area contributed by atoms with E-state index in [1.807, 2.05) is 0 Å². The number of hydrogen-bond acceptors (Lipinski definition) is 2. The number of aliphatic hydroxyl groups is 1. The van der Waals surface area contributed by atoms with E-state index in [0.717, 1.165) is 6.54 Å². The van der Waals surface area contributed by atoms with Gasteiger partial charge in [-0.3, -0.25) is 4.90 Å². The molecule has 2 nitrogen and oxygen atoms in total. The Morgan fingerprint density at radius 2 is 1.82 bits per heavy atom. The Bertz CT molecular complexity index is 354. The maximum atomic E-state index is 10.1. The predicted octanol–water partition coefficient (Wildman–Crippen LogP) is 2.83. The van der Waals surface area contributed by atoms with Crippen molar-refractivity contribution >= 4 is 0 Å². The first-order valence-corrected chi connectivity index (χ1v) is 6.22. The lowest BCUT2D eigenvalue weighted by Crippen LogP contribution is -2.37. The second-order valence-electron chi connectivity index (χ2n) is 6.01. The molecule has 0 aliphatic rings. The summed E-state index contributed by atoms with van der Waals surface area (Å²) in [5.41, 5.74) is 2.58. The van der Waals surface area contributed by atoms with E-state index in [1.54, 1.807) is 0 Å². The quantitative estimate of drug-likeness (QED) is 0.867. The molecule has 1 aromatic carbocycles. The van der Waals surface area contributed by atoms with Crippen molar-refractivity contribution in [3.63, 3.8) is 0 Å². The van der Waals surface area contributed by atoms with Gasteiger partial charge in [-0.1, -0.05) is 45.0 Å². The highest BCUT2D eigenvalue weighted by Gasteiger charge is 2.23. The zero-order chi connectivity index (χ0) is 13.1. The van der Waals surface area contributed by atoms with Crippen molar-refractivity contribution in [2.24, 2.45) is 5.41 Å². The van der Waals surface area contributed by atoms with Crippen LogP contribution in [0.3, 0.4) is 0 Å². The fraction of sp³-hybridized carbons (Fsp3) is 0.600. The first-order chi connectivity index (χ1) is 7.80. The monoisotopic (exact) mass is 235 g/mol. The number of likely N-dealkylation sites (N-methyl/N-ethyl adjacent to an activating group) is 1. The number of hydrogen-bond donors (Lipinski definition) is 1. The molecule has 1 unspecified atom stereocenters. The van der Waals surface area contributed by atoms with Crippen LogP contribution in [0.25, 0.3) is 0 Å². The van der Waals surface area contributed by atoms with Crippen LogP contribution in [0.4, 0.5) is 0 Å². The molecule has 0 aromatic heterocycles. The van der Waals surface area contributed by atoms with Gasteiger partial charge in [0.2, 0.25) is 0 Å². The van der Waals surface area contributed by atoms with E-state index in [0.29, 0.717) is 6.54 Å². The van der Waals surface area contributed by atoms with Crippen molar-refractivity contribution in [2.75, 3.05) is 13.6 Å². The van der Waals surface area contributed by atoms with E-state index >= 15 is 0 Å². The minimum Gasteiger partial charge on any atom is -0.391 e. The third-order valence-corrected chi connectivity index (χ3v) is 3.19. The highest BCUT2D eigenvalue weighted by molar-refractivity contribution is 5.25. The van der Waals surface area contributed by atoms with E-state index in [1.165, 1.54) is 11.1 Å². The number of nitrogens with zero attached hydrogens (tertiary/aromatic N) is 1. The van der Waals surface area contributed by atoms with E-state index < -0.39 is 0 Å². The fourth-order valence-electron chi connectivity index (χ4n) is 1.71. The standard InChI is InChI=1S/C15H25NO/c1-12-8-6-7-9-13(12)10-16(5)11-14(17)15(2,3)4/h6-9,14,17H,10-11H2,1-5H3. The van der Waals surface area contributed by atoms with Gasteiger partial charge in [0.15, 0.2) is 0 Å².